The molecule has 0 atom stereocenters. The molecule has 0 saturated carbocycles. The largest absolute Gasteiger partial charge is 0.293 e. The van der Waals surface area contributed by atoms with Gasteiger partial charge in [-0.05, 0) is 27.6 Å². The molecule has 0 bridgehead atoms. The van der Waals surface area contributed by atoms with E-state index in [0.29, 0.717) is 11.0 Å². The number of nitrogens with one attached hydrogen (secondary N) is 1. The predicted molar refractivity (Wildman–Crippen MR) is 104 cm³/mol. The average molecular weight is 446 g/mol. The van der Waals surface area contributed by atoms with Gasteiger partial charge in [-0.15, -0.1) is 0 Å². The van der Waals surface area contributed by atoms with E-state index >= 15 is 0 Å². The molecule has 0 aliphatic rings. The molecule has 0 spiro atoms. The molecule has 10 heteroatoms. The third-order valence-electron chi connectivity index (χ3n) is 3.70. The third-order valence-corrected chi connectivity index (χ3v) is 4.28. The van der Waals surface area contributed by atoms with Crippen molar-refractivity contribution in [1.29, 1.82) is 0 Å². The van der Waals surface area contributed by atoms with E-state index < -0.39 is 16.6 Å². The van der Waals surface area contributed by atoms with E-state index in [4.69, 9.17) is 0 Å². The first kappa shape index (κ1) is 19.4. The number of hydrazone groups is 1. The van der Waals surface area contributed by atoms with Crippen molar-refractivity contribution in [3.05, 3.63) is 92.0 Å². The van der Waals surface area contributed by atoms with Gasteiger partial charge in [-0.3, -0.25) is 19.6 Å². The zero-order valence-corrected chi connectivity index (χ0v) is 15.8. The van der Waals surface area contributed by atoms with Crippen molar-refractivity contribution in [3.8, 4) is 0 Å². The molecule has 0 fully saturated rings. The van der Waals surface area contributed by atoms with Crippen molar-refractivity contribution in [1.82, 2.24) is 15.2 Å². The quantitative estimate of drug-likeness (QED) is 0.356. The number of nitro benzene ring substituents is 1. The van der Waals surface area contributed by atoms with Gasteiger partial charge in [0.15, 0.2) is 5.69 Å². The minimum atomic E-state index is -0.568. The second kappa shape index (κ2) is 8.53. The number of aromatic nitrogens is 2. The van der Waals surface area contributed by atoms with Gasteiger partial charge in [0.1, 0.15) is 5.82 Å². The Hall–Kier alpha value is -3.40. The van der Waals surface area contributed by atoms with Crippen LogP contribution in [-0.4, -0.2) is 26.8 Å². The Balaban J connectivity index is 1.66. The number of rotatable bonds is 6. The summed E-state index contributed by atoms with van der Waals surface area (Å²) in [6.45, 7) is 0.322. The van der Waals surface area contributed by atoms with Gasteiger partial charge in [-0.1, -0.05) is 30.3 Å². The molecule has 0 unspecified atom stereocenters. The fourth-order valence-corrected chi connectivity index (χ4v) is 2.83. The molecule has 3 rings (SSSR count). The highest BCUT2D eigenvalue weighted by Crippen LogP contribution is 2.17. The molecule has 0 radical (unpaired) electrons. The summed E-state index contributed by atoms with van der Waals surface area (Å²) in [5.74, 6) is -1.02. The fourth-order valence-electron chi connectivity index (χ4n) is 2.34. The SMILES string of the molecule is O=C(N/N=C/c1ccccc1F)c1nn(Cc2ccc([N+](=O)[O-])cc2)cc1Br. The highest BCUT2D eigenvalue weighted by atomic mass is 79.9. The number of hydrogen-bond donors (Lipinski definition) is 1. The van der Waals surface area contributed by atoms with Crippen molar-refractivity contribution < 1.29 is 14.1 Å². The van der Waals surface area contributed by atoms with Crippen LogP contribution in [0.4, 0.5) is 10.1 Å². The van der Waals surface area contributed by atoms with Gasteiger partial charge in [0.05, 0.1) is 22.2 Å². The summed E-state index contributed by atoms with van der Waals surface area (Å²) in [5.41, 5.74) is 3.42. The number of carbonyl (C=O) groups is 1. The van der Waals surface area contributed by atoms with Gasteiger partial charge in [0.2, 0.25) is 0 Å². The van der Waals surface area contributed by atoms with Crippen LogP contribution in [-0.2, 0) is 6.54 Å². The maximum absolute atomic E-state index is 13.5. The monoisotopic (exact) mass is 445 g/mol. The van der Waals surface area contributed by atoms with Gasteiger partial charge in [0, 0.05) is 23.9 Å². The Labute approximate surface area is 167 Å². The van der Waals surface area contributed by atoms with E-state index in [9.17, 15) is 19.3 Å². The molecule has 0 aliphatic heterocycles. The first-order valence-corrected chi connectivity index (χ1v) is 8.77. The van der Waals surface area contributed by atoms with Crippen LogP contribution in [0.5, 0.6) is 0 Å². The lowest BCUT2D eigenvalue weighted by atomic mass is 10.2. The number of carbonyl (C=O) groups excluding carboxylic acids is 1. The van der Waals surface area contributed by atoms with E-state index in [2.05, 4.69) is 31.6 Å². The zero-order chi connectivity index (χ0) is 20.1. The summed E-state index contributed by atoms with van der Waals surface area (Å²) < 4.78 is 15.5. The van der Waals surface area contributed by atoms with Gasteiger partial charge < -0.3 is 0 Å². The van der Waals surface area contributed by atoms with Gasteiger partial charge in [0.25, 0.3) is 11.6 Å². The standard InChI is InChI=1S/C18H13BrFN5O3/c19-15-11-24(10-12-5-7-14(8-6-12)25(27)28)23-17(15)18(26)22-21-9-13-3-1-2-4-16(13)20/h1-9,11H,10H2,(H,22,26)/b21-9+. The molecule has 1 aromatic heterocycles. The van der Waals surface area contributed by atoms with Crippen molar-refractivity contribution in [2.24, 2.45) is 5.10 Å². The molecule has 2 aromatic carbocycles. The number of amides is 1. The van der Waals surface area contributed by atoms with Gasteiger partial charge in [-0.2, -0.15) is 10.2 Å². The van der Waals surface area contributed by atoms with Crippen LogP contribution in [0.2, 0.25) is 0 Å². The van der Waals surface area contributed by atoms with E-state index in [1.165, 1.54) is 35.2 Å². The predicted octanol–water partition coefficient (Wildman–Crippen LogP) is 3.51. The lowest BCUT2D eigenvalue weighted by molar-refractivity contribution is -0.384. The fraction of sp³-hybridized carbons (Fsp3) is 0.0556. The molecule has 0 aliphatic carbocycles. The third kappa shape index (κ3) is 4.65. The molecule has 3 aromatic rings. The molecule has 1 heterocycles. The van der Waals surface area contributed by atoms with Crippen LogP contribution < -0.4 is 5.43 Å². The smallest absolute Gasteiger partial charge is 0.266 e. The topological polar surface area (TPSA) is 102 Å². The Kier molecular flexibility index (Phi) is 5.90. The first-order chi connectivity index (χ1) is 13.4. The molecular weight excluding hydrogens is 433 g/mol. The van der Waals surface area contributed by atoms with E-state index in [-0.39, 0.29) is 16.9 Å². The van der Waals surface area contributed by atoms with E-state index in [1.54, 1.807) is 30.5 Å². The minimum absolute atomic E-state index is 0.00169. The van der Waals surface area contributed by atoms with E-state index in [0.717, 1.165) is 5.56 Å². The van der Waals surface area contributed by atoms with Crippen LogP contribution in [0.3, 0.4) is 0 Å². The van der Waals surface area contributed by atoms with Crippen molar-refractivity contribution in [2.75, 3.05) is 0 Å². The van der Waals surface area contributed by atoms with Crippen LogP contribution in [0.1, 0.15) is 21.6 Å². The molecule has 28 heavy (non-hydrogen) atoms. The lowest BCUT2D eigenvalue weighted by Gasteiger charge is -2.01. The molecule has 1 amide bonds. The Morgan fingerprint density at radius 2 is 2.00 bits per heavy atom. The highest BCUT2D eigenvalue weighted by molar-refractivity contribution is 9.10. The summed E-state index contributed by atoms with van der Waals surface area (Å²) in [6.07, 6.45) is 2.81. The van der Waals surface area contributed by atoms with Crippen molar-refractivity contribution >= 4 is 33.7 Å². The number of benzene rings is 2. The first-order valence-electron chi connectivity index (χ1n) is 7.98. The maximum Gasteiger partial charge on any atom is 0.293 e. The number of hydrogen-bond acceptors (Lipinski definition) is 5. The summed E-state index contributed by atoms with van der Waals surface area (Å²) in [6, 6.07) is 12.1. The Morgan fingerprint density at radius 1 is 1.29 bits per heavy atom. The summed E-state index contributed by atoms with van der Waals surface area (Å²) in [7, 11) is 0. The van der Waals surface area contributed by atoms with E-state index in [1.807, 2.05) is 0 Å². The van der Waals surface area contributed by atoms with Crippen LogP contribution in [0.15, 0.2) is 64.3 Å². The number of nitro groups is 1. The Bertz CT molecular complexity index is 1050. The molecule has 1 N–H and O–H groups in total. The van der Waals surface area contributed by atoms with Crippen molar-refractivity contribution in [3.63, 3.8) is 0 Å². The Morgan fingerprint density at radius 3 is 2.68 bits per heavy atom. The second-order valence-electron chi connectivity index (χ2n) is 5.67. The highest BCUT2D eigenvalue weighted by Gasteiger charge is 2.15. The lowest BCUT2D eigenvalue weighted by Crippen LogP contribution is -2.19. The summed E-state index contributed by atoms with van der Waals surface area (Å²) in [4.78, 5) is 22.4. The number of non-ortho nitro benzene ring substituents is 1. The average Bonchev–Trinajstić information content (AvgIpc) is 3.04. The summed E-state index contributed by atoms with van der Waals surface area (Å²) >= 11 is 3.26. The zero-order valence-electron chi connectivity index (χ0n) is 14.3. The maximum atomic E-state index is 13.5. The molecular formula is C18H13BrFN5O3. The second-order valence-corrected chi connectivity index (χ2v) is 6.52. The van der Waals surface area contributed by atoms with Crippen LogP contribution >= 0.6 is 15.9 Å². The summed E-state index contributed by atoms with van der Waals surface area (Å²) in [5, 5.41) is 18.6. The molecule has 142 valence electrons. The molecule has 0 saturated heterocycles. The number of halogens is 2. The minimum Gasteiger partial charge on any atom is -0.266 e. The molecule has 8 nitrogen and oxygen atoms in total. The van der Waals surface area contributed by atoms with Crippen LogP contribution in [0, 0.1) is 15.9 Å². The number of nitrogens with zero attached hydrogens (tertiary/aromatic N) is 4. The normalized spacial score (nSPS) is 10.9. The van der Waals surface area contributed by atoms with Crippen molar-refractivity contribution in [2.45, 2.75) is 6.54 Å². The van der Waals surface area contributed by atoms with Crippen LogP contribution in [0.25, 0.3) is 0 Å². The van der Waals surface area contributed by atoms with Gasteiger partial charge in [-0.25, -0.2) is 9.82 Å². The van der Waals surface area contributed by atoms with Gasteiger partial charge >= 0.3 is 0 Å².